The van der Waals surface area contributed by atoms with Crippen molar-refractivity contribution >= 4 is 25.3 Å². The Kier molecular flexibility index (Phi) is 5.68. The Labute approximate surface area is 113 Å². The van der Waals surface area contributed by atoms with E-state index in [-0.39, 0.29) is 0 Å². The van der Waals surface area contributed by atoms with E-state index >= 15 is 0 Å². The molecule has 2 rings (SSSR count). The van der Waals surface area contributed by atoms with E-state index in [2.05, 4.69) is 49.5 Å². The Hall–Kier alpha value is -1.37. The van der Waals surface area contributed by atoms with E-state index in [9.17, 15) is 0 Å². The number of nitriles is 1. The maximum atomic E-state index is 7.32. The molecule has 0 heterocycles. The first-order valence-corrected chi connectivity index (χ1v) is 5.96. The van der Waals surface area contributed by atoms with Gasteiger partial charge < -0.3 is 0 Å². The average molecular weight is 259 g/mol. The Bertz CT molecular complexity index is 452. The number of benzene rings is 2. The molecular weight excluding hydrogens is 246 g/mol. The second-order valence-corrected chi connectivity index (χ2v) is 4.35. The molecule has 0 spiro atoms. The first-order valence-electron chi connectivity index (χ1n) is 5.06. The van der Waals surface area contributed by atoms with Crippen molar-refractivity contribution in [2.75, 3.05) is 0 Å². The Morgan fingerprint density at radius 3 is 1.24 bits per heavy atom. The van der Waals surface area contributed by atoms with Crippen LogP contribution in [0.3, 0.4) is 0 Å². The summed E-state index contributed by atoms with van der Waals surface area (Å²) in [6, 6.07) is 18.0. The van der Waals surface area contributed by atoms with Crippen molar-refractivity contribution in [2.45, 2.75) is 16.7 Å². The van der Waals surface area contributed by atoms with Gasteiger partial charge in [-0.05, 0) is 35.4 Å². The molecule has 0 aliphatic heterocycles. The second kappa shape index (κ2) is 7.05. The number of thiol groups is 2. The minimum atomic E-state index is 0.986. The lowest BCUT2D eigenvalue weighted by Gasteiger charge is -2.01. The standard InChI is InChI=1S/C12H10S2.C2H3N/c13-11-5-1-9(2-6-11)10-3-7-12(14)8-4-10;1-2-3/h1-8,13-14H;1H3. The van der Waals surface area contributed by atoms with E-state index in [1.54, 1.807) is 6.07 Å². The van der Waals surface area contributed by atoms with Gasteiger partial charge in [-0.3, -0.25) is 0 Å². The lowest BCUT2D eigenvalue weighted by Crippen LogP contribution is -1.76. The highest BCUT2D eigenvalue weighted by atomic mass is 32.1. The SMILES string of the molecule is CC#N.Sc1ccc(-c2ccc(S)cc2)cc1. The lowest BCUT2D eigenvalue weighted by atomic mass is 10.1. The molecule has 0 atom stereocenters. The highest BCUT2D eigenvalue weighted by Gasteiger charge is 1.95. The van der Waals surface area contributed by atoms with E-state index in [4.69, 9.17) is 5.26 Å². The van der Waals surface area contributed by atoms with Gasteiger partial charge in [0.15, 0.2) is 0 Å². The highest BCUT2D eigenvalue weighted by Crippen LogP contribution is 2.21. The summed E-state index contributed by atoms with van der Waals surface area (Å²) in [4.78, 5) is 1.97. The van der Waals surface area contributed by atoms with Gasteiger partial charge in [-0.1, -0.05) is 24.3 Å². The number of rotatable bonds is 1. The van der Waals surface area contributed by atoms with Gasteiger partial charge in [0.25, 0.3) is 0 Å². The summed E-state index contributed by atoms with van der Waals surface area (Å²) < 4.78 is 0. The summed E-state index contributed by atoms with van der Waals surface area (Å²) in [6.07, 6.45) is 0. The van der Waals surface area contributed by atoms with Crippen LogP contribution in [-0.2, 0) is 0 Å². The smallest absolute Gasteiger partial charge is 0.0587 e. The molecule has 0 fully saturated rings. The molecule has 17 heavy (non-hydrogen) atoms. The third kappa shape index (κ3) is 4.56. The maximum Gasteiger partial charge on any atom is 0.0587 e. The molecule has 0 bridgehead atoms. The molecule has 0 aromatic heterocycles. The van der Waals surface area contributed by atoms with Gasteiger partial charge in [0, 0.05) is 16.7 Å². The van der Waals surface area contributed by atoms with Crippen LogP contribution in [0.15, 0.2) is 58.3 Å². The van der Waals surface area contributed by atoms with Gasteiger partial charge in [-0.25, -0.2) is 0 Å². The second-order valence-electron chi connectivity index (χ2n) is 3.32. The number of nitrogens with zero attached hydrogens (tertiary/aromatic N) is 1. The molecule has 2 aromatic carbocycles. The molecule has 0 aliphatic rings. The topological polar surface area (TPSA) is 23.8 Å². The summed E-state index contributed by atoms with van der Waals surface area (Å²) in [6.45, 7) is 1.43. The minimum absolute atomic E-state index is 0.986. The summed E-state index contributed by atoms with van der Waals surface area (Å²) >= 11 is 8.50. The largest absolute Gasteiger partial charge is 0.199 e. The molecule has 0 unspecified atom stereocenters. The van der Waals surface area contributed by atoms with Gasteiger partial charge >= 0.3 is 0 Å². The zero-order valence-corrected chi connectivity index (χ0v) is 11.2. The molecule has 2 aromatic rings. The van der Waals surface area contributed by atoms with E-state index in [1.807, 2.05) is 24.3 Å². The van der Waals surface area contributed by atoms with E-state index < -0.39 is 0 Å². The Balaban J connectivity index is 0.000000437. The van der Waals surface area contributed by atoms with Crippen LogP contribution in [0.2, 0.25) is 0 Å². The summed E-state index contributed by atoms with van der Waals surface area (Å²) in [5, 5.41) is 7.32. The zero-order chi connectivity index (χ0) is 12.7. The fourth-order valence-electron chi connectivity index (χ4n) is 1.31. The molecule has 0 aliphatic carbocycles. The molecule has 0 N–H and O–H groups in total. The van der Waals surface area contributed by atoms with Gasteiger partial charge in [-0.15, -0.1) is 25.3 Å². The van der Waals surface area contributed by atoms with Crippen LogP contribution in [0.1, 0.15) is 6.92 Å². The quantitative estimate of drug-likeness (QED) is 0.726. The molecular formula is C14H13NS2. The summed E-state index contributed by atoms with van der Waals surface area (Å²) in [7, 11) is 0. The van der Waals surface area contributed by atoms with Crippen molar-refractivity contribution in [3.63, 3.8) is 0 Å². The van der Waals surface area contributed by atoms with Crippen molar-refractivity contribution in [3.05, 3.63) is 48.5 Å². The predicted octanol–water partition coefficient (Wildman–Crippen LogP) is 4.46. The predicted molar refractivity (Wildman–Crippen MR) is 77.7 cm³/mol. The van der Waals surface area contributed by atoms with Crippen LogP contribution in [0.5, 0.6) is 0 Å². The summed E-state index contributed by atoms with van der Waals surface area (Å²) in [5.74, 6) is 0. The lowest BCUT2D eigenvalue weighted by molar-refractivity contribution is 1.44. The first kappa shape index (κ1) is 13.7. The molecule has 0 saturated carbocycles. The number of hydrogen-bond donors (Lipinski definition) is 2. The molecule has 0 saturated heterocycles. The normalized spacial score (nSPS) is 8.82. The van der Waals surface area contributed by atoms with Gasteiger partial charge in [0.1, 0.15) is 0 Å². The van der Waals surface area contributed by atoms with Gasteiger partial charge in [-0.2, -0.15) is 5.26 Å². The van der Waals surface area contributed by atoms with E-state index in [0.29, 0.717) is 0 Å². The van der Waals surface area contributed by atoms with Crippen LogP contribution in [-0.4, -0.2) is 0 Å². The van der Waals surface area contributed by atoms with Crippen LogP contribution < -0.4 is 0 Å². The van der Waals surface area contributed by atoms with Crippen LogP contribution >= 0.6 is 25.3 Å². The first-order chi connectivity index (χ1) is 8.17. The van der Waals surface area contributed by atoms with Gasteiger partial charge in [0.05, 0.1) is 6.07 Å². The van der Waals surface area contributed by atoms with E-state index in [0.717, 1.165) is 9.79 Å². The fraction of sp³-hybridized carbons (Fsp3) is 0.0714. The Morgan fingerprint density at radius 1 is 0.765 bits per heavy atom. The van der Waals surface area contributed by atoms with Crippen LogP contribution in [0.4, 0.5) is 0 Å². The third-order valence-electron chi connectivity index (χ3n) is 2.07. The molecule has 3 heteroatoms. The van der Waals surface area contributed by atoms with Crippen molar-refractivity contribution in [1.82, 2.24) is 0 Å². The van der Waals surface area contributed by atoms with Crippen molar-refractivity contribution in [3.8, 4) is 17.2 Å². The van der Waals surface area contributed by atoms with Gasteiger partial charge in [0.2, 0.25) is 0 Å². The average Bonchev–Trinajstić information content (AvgIpc) is 2.32. The van der Waals surface area contributed by atoms with Crippen LogP contribution in [0, 0.1) is 11.3 Å². The monoisotopic (exact) mass is 259 g/mol. The molecule has 1 nitrogen and oxygen atoms in total. The minimum Gasteiger partial charge on any atom is -0.199 e. The molecule has 0 radical (unpaired) electrons. The maximum absolute atomic E-state index is 7.32. The summed E-state index contributed by atoms with van der Waals surface area (Å²) in [5.41, 5.74) is 2.41. The van der Waals surface area contributed by atoms with E-state index in [1.165, 1.54) is 18.1 Å². The third-order valence-corrected chi connectivity index (χ3v) is 2.66. The number of hydrogen-bond acceptors (Lipinski definition) is 3. The van der Waals surface area contributed by atoms with Crippen molar-refractivity contribution in [1.29, 1.82) is 5.26 Å². The fourth-order valence-corrected chi connectivity index (χ4v) is 1.61. The molecule has 0 amide bonds. The van der Waals surface area contributed by atoms with Crippen molar-refractivity contribution in [2.24, 2.45) is 0 Å². The highest BCUT2D eigenvalue weighted by molar-refractivity contribution is 7.80. The van der Waals surface area contributed by atoms with Crippen LogP contribution in [0.25, 0.3) is 11.1 Å². The zero-order valence-electron chi connectivity index (χ0n) is 9.46. The van der Waals surface area contributed by atoms with Crippen molar-refractivity contribution < 1.29 is 0 Å². The molecule has 86 valence electrons. The Morgan fingerprint density at radius 2 is 1.00 bits per heavy atom.